The molecule has 27 heavy (non-hydrogen) atoms. The molecule has 4 heterocycles. The predicted octanol–water partition coefficient (Wildman–Crippen LogP) is 2.22. The Morgan fingerprint density at radius 3 is 2.52 bits per heavy atom. The van der Waals surface area contributed by atoms with Crippen molar-refractivity contribution in [2.75, 3.05) is 39.4 Å². The Labute approximate surface area is 158 Å². The maximum Gasteiger partial charge on any atom is 0.255 e. The minimum atomic E-state index is -0.422. The van der Waals surface area contributed by atoms with E-state index in [1.807, 2.05) is 4.90 Å². The van der Waals surface area contributed by atoms with Gasteiger partial charge in [0, 0.05) is 50.2 Å². The number of amides is 1. The van der Waals surface area contributed by atoms with Crippen LogP contribution in [0.25, 0.3) is 11.3 Å². The topological polar surface area (TPSA) is 58.6 Å². The summed E-state index contributed by atoms with van der Waals surface area (Å²) in [5, 5.41) is 0. The van der Waals surface area contributed by atoms with E-state index in [2.05, 4.69) is 14.9 Å². The number of ether oxygens (including phenoxy) is 1. The highest BCUT2D eigenvalue weighted by Gasteiger charge is 2.28. The Balaban J connectivity index is 1.38. The first-order chi connectivity index (χ1) is 13.2. The van der Waals surface area contributed by atoms with Crippen LogP contribution in [0.1, 0.15) is 23.2 Å². The van der Waals surface area contributed by atoms with Crippen LogP contribution in [0.3, 0.4) is 0 Å². The Hall–Kier alpha value is -2.38. The maximum absolute atomic E-state index is 13.8. The van der Waals surface area contributed by atoms with Crippen LogP contribution in [0, 0.1) is 5.82 Å². The Morgan fingerprint density at radius 2 is 1.85 bits per heavy atom. The summed E-state index contributed by atoms with van der Waals surface area (Å²) in [6, 6.07) is 5.52. The summed E-state index contributed by atoms with van der Waals surface area (Å²) in [6.07, 6.45) is 6.19. The van der Waals surface area contributed by atoms with Crippen LogP contribution < -0.4 is 0 Å². The number of piperidine rings is 1. The van der Waals surface area contributed by atoms with Crippen LogP contribution in [-0.4, -0.2) is 71.1 Å². The molecule has 0 atom stereocenters. The maximum atomic E-state index is 13.8. The fourth-order valence-corrected chi connectivity index (χ4v) is 3.82. The zero-order valence-corrected chi connectivity index (χ0v) is 15.2. The second-order valence-electron chi connectivity index (χ2n) is 6.96. The molecule has 142 valence electrons. The van der Waals surface area contributed by atoms with Gasteiger partial charge in [0.05, 0.1) is 30.7 Å². The predicted molar refractivity (Wildman–Crippen MR) is 98.7 cm³/mol. The number of halogens is 1. The van der Waals surface area contributed by atoms with Crippen molar-refractivity contribution in [2.24, 2.45) is 0 Å². The molecule has 4 rings (SSSR count). The number of rotatable bonds is 3. The van der Waals surface area contributed by atoms with Gasteiger partial charge in [-0.05, 0) is 31.0 Å². The average Bonchev–Trinajstić information content (AvgIpc) is 2.74. The van der Waals surface area contributed by atoms with Gasteiger partial charge in [0.15, 0.2) is 5.82 Å². The summed E-state index contributed by atoms with van der Waals surface area (Å²) < 4.78 is 19.2. The van der Waals surface area contributed by atoms with E-state index < -0.39 is 5.82 Å². The highest BCUT2D eigenvalue weighted by Crippen LogP contribution is 2.22. The van der Waals surface area contributed by atoms with E-state index in [4.69, 9.17) is 4.74 Å². The first-order valence-electron chi connectivity index (χ1n) is 9.39. The smallest absolute Gasteiger partial charge is 0.255 e. The summed E-state index contributed by atoms with van der Waals surface area (Å²) >= 11 is 0. The first kappa shape index (κ1) is 18.0. The molecule has 2 aliphatic rings. The highest BCUT2D eigenvalue weighted by atomic mass is 19.1. The fourth-order valence-electron chi connectivity index (χ4n) is 3.82. The number of nitrogens with zero attached hydrogens (tertiary/aromatic N) is 4. The Kier molecular flexibility index (Phi) is 5.40. The second kappa shape index (κ2) is 8.10. The molecule has 2 aliphatic heterocycles. The summed E-state index contributed by atoms with van der Waals surface area (Å²) in [5.74, 6) is -0.432. The van der Waals surface area contributed by atoms with Gasteiger partial charge in [0.1, 0.15) is 0 Å². The minimum Gasteiger partial charge on any atom is -0.379 e. The summed E-state index contributed by atoms with van der Waals surface area (Å²) in [4.78, 5) is 25.2. The molecular weight excluding hydrogens is 347 g/mol. The van der Waals surface area contributed by atoms with Gasteiger partial charge in [-0.25, -0.2) is 4.39 Å². The van der Waals surface area contributed by atoms with Crippen molar-refractivity contribution in [2.45, 2.75) is 18.9 Å². The van der Waals surface area contributed by atoms with Gasteiger partial charge < -0.3 is 9.64 Å². The molecule has 2 fully saturated rings. The average molecular weight is 370 g/mol. The molecule has 0 aliphatic carbocycles. The molecule has 0 N–H and O–H groups in total. The van der Waals surface area contributed by atoms with Crippen molar-refractivity contribution in [3.05, 3.63) is 48.2 Å². The van der Waals surface area contributed by atoms with E-state index in [0.29, 0.717) is 22.9 Å². The molecule has 2 aromatic rings. The standard InChI is InChI=1S/C20H23FN4O2/c21-18-14-22-6-3-17(18)19-2-1-15(13-23-19)20(26)25-7-4-16(5-8-25)24-9-11-27-12-10-24/h1-3,6,13-14,16H,4-5,7-12H2. The number of morpholine rings is 1. The zero-order valence-electron chi connectivity index (χ0n) is 15.2. The lowest BCUT2D eigenvalue weighted by molar-refractivity contribution is 0.00158. The van der Waals surface area contributed by atoms with Gasteiger partial charge in [-0.15, -0.1) is 0 Å². The third kappa shape index (κ3) is 3.99. The van der Waals surface area contributed by atoms with E-state index in [1.54, 1.807) is 18.2 Å². The van der Waals surface area contributed by atoms with Gasteiger partial charge in [-0.1, -0.05) is 0 Å². The summed E-state index contributed by atoms with van der Waals surface area (Å²) in [7, 11) is 0. The third-order valence-electron chi connectivity index (χ3n) is 5.37. The fraction of sp³-hybridized carbons (Fsp3) is 0.450. The minimum absolute atomic E-state index is 0.00956. The second-order valence-corrected chi connectivity index (χ2v) is 6.96. The third-order valence-corrected chi connectivity index (χ3v) is 5.37. The van der Waals surface area contributed by atoms with Gasteiger partial charge in [0.2, 0.25) is 0 Å². The normalized spacial score (nSPS) is 19.2. The molecule has 0 bridgehead atoms. The van der Waals surface area contributed by atoms with Gasteiger partial charge in [-0.2, -0.15) is 0 Å². The lowest BCUT2D eigenvalue weighted by Crippen LogP contribution is -2.50. The van der Waals surface area contributed by atoms with Crippen molar-refractivity contribution < 1.29 is 13.9 Å². The van der Waals surface area contributed by atoms with Crippen molar-refractivity contribution in [1.29, 1.82) is 0 Å². The van der Waals surface area contributed by atoms with Crippen molar-refractivity contribution in [3.63, 3.8) is 0 Å². The van der Waals surface area contributed by atoms with Crippen molar-refractivity contribution >= 4 is 5.91 Å². The van der Waals surface area contributed by atoms with E-state index in [0.717, 1.165) is 58.4 Å². The molecule has 0 saturated carbocycles. The molecule has 0 radical (unpaired) electrons. The van der Waals surface area contributed by atoms with Crippen LogP contribution in [0.2, 0.25) is 0 Å². The quantitative estimate of drug-likeness (QED) is 0.829. The van der Waals surface area contributed by atoms with Crippen LogP contribution in [0.5, 0.6) is 0 Å². The van der Waals surface area contributed by atoms with E-state index in [1.165, 1.54) is 12.4 Å². The number of aromatic nitrogens is 2. The Bertz CT molecular complexity index is 785. The number of likely N-dealkylation sites (tertiary alicyclic amines) is 1. The molecule has 7 heteroatoms. The van der Waals surface area contributed by atoms with Crippen LogP contribution in [0.4, 0.5) is 4.39 Å². The number of hydrogen-bond donors (Lipinski definition) is 0. The van der Waals surface area contributed by atoms with Crippen LogP contribution in [0.15, 0.2) is 36.8 Å². The summed E-state index contributed by atoms with van der Waals surface area (Å²) in [5.41, 5.74) is 1.42. The van der Waals surface area contributed by atoms with E-state index >= 15 is 0 Å². The van der Waals surface area contributed by atoms with Crippen molar-refractivity contribution in [3.8, 4) is 11.3 Å². The molecule has 2 saturated heterocycles. The molecule has 0 aromatic carbocycles. The number of carbonyl (C=O) groups is 1. The van der Waals surface area contributed by atoms with Gasteiger partial charge in [0.25, 0.3) is 5.91 Å². The monoisotopic (exact) mass is 370 g/mol. The molecule has 6 nitrogen and oxygen atoms in total. The number of pyridine rings is 2. The molecule has 0 unspecified atom stereocenters. The van der Waals surface area contributed by atoms with Gasteiger partial charge >= 0.3 is 0 Å². The molecular formula is C20H23FN4O2. The molecule has 1 amide bonds. The van der Waals surface area contributed by atoms with E-state index in [9.17, 15) is 9.18 Å². The summed E-state index contributed by atoms with van der Waals surface area (Å²) in [6.45, 7) is 5.07. The van der Waals surface area contributed by atoms with Gasteiger partial charge in [-0.3, -0.25) is 19.7 Å². The number of hydrogen-bond acceptors (Lipinski definition) is 5. The van der Waals surface area contributed by atoms with E-state index in [-0.39, 0.29) is 5.91 Å². The molecule has 0 spiro atoms. The lowest BCUT2D eigenvalue weighted by Gasteiger charge is -2.40. The largest absolute Gasteiger partial charge is 0.379 e. The zero-order chi connectivity index (χ0) is 18.6. The van der Waals surface area contributed by atoms with Crippen LogP contribution in [-0.2, 0) is 4.74 Å². The Morgan fingerprint density at radius 1 is 1.07 bits per heavy atom. The SMILES string of the molecule is O=C(c1ccc(-c2ccncc2F)nc1)N1CCC(N2CCOCC2)CC1. The first-order valence-corrected chi connectivity index (χ1v) is 9.39. The van der Waals surface area contributed by atoms with Crippen molar-refractivity contribution in [1.82, 2.24) is 19.8 Å². The highest BCUT2D eigenvalue weighted by molar-refractivity contribution is 5.94. The molecule has 2 aromatic heterocycles. The van der Waals surface area contributed by atoms with Crippen LogP contribution >= 0.6 is 0 Å². The number of carbonyl (C=O) groups excluding carboxylic acids is 1. The lowest BCUT2D eigenvalue weighted by atomic mass is 10.0.